The maximum atomic E-state index is 12.9. The molecule has 2 rings (SSSR count). The van der Waals surface area contributed by atoms with Gasteiger partial charge in [0.1, 0.15) is 0 Å². The fourth-order valence-electron chi connectivity index (χ4n) is 3.67. The van der Waals surface area contributed by atoms with Crippen LogP contribution in [0.4, 0.5) is 0 Å². The van der Waals surface area contributed by atoms with Crippen molar-refractivity contribution in [3.05, 3.63) is 34.4 Å². The van der Waals surface area contributed by atoms with Gasteiger partial charge in [0.05, 0.1) is 5.41 Å². The third kappa shape index (κ3) is 3.01. The van der Waals surface area contributed by atoms with Crippen LogP contribution < -0.4 is 0 Å². The molecule has 2 unspecified atom stereocenters. The Hall–Kier alpha value is -1.09. The number of hydrogen-bond acceptors (Lipinski definition) is 2. The molecule has 22 heavy (non-hydrogen) atoms. The van der Waals surface area contributed by atoms with Crippen LogP contribution in [0, 0.1) is 6.92 Å². The highest BCUT2D eigenvalue weighted by atomic mass is 28.4. The Kier molecular flexibility index (Phi) is 4.58. The van der Waals surface area contributed by atoms with Crippen molar-refractivity contribution in [1.29, 1.82) is 0 Å². The topological polar surface area (TPSA) is 26.3 Å². The fourth-order valence-corrected chi connectivity index (χ4v) is 4.46. The molecule has 0 saturated heterocycles. The van der Waals surface area contributed by atoms with Gasteiger partial charge >= 0.3 is 5.97 Å². The number of aryl methyl sites for hydroxylation is 1. The van der Waals surface area contributed by atoms with Crippen LogP contribution in [0.2, 0.25) is 19.6 Å². The predicted octanol–water partition coefficient (Wildman–Crippen LogP) is 5.09. The van der Waals surface area contributed by atoms with E-state index in [9.17, 15) is 4.79 Å². The Morgan fingerprint density at radius 2 is 2.00 bits per heavy atom. The van der Waals surface area contributed by atoms with E-state index in [0.717, 1.165) is 19.3 Å². The minimum absolute atomic E-state index is 0.0225. The summed E-state index contributed by atoms with van der Waals surface area (Å²) in [5.74, 6) is 0.503. The summed E-state index contributed by atoms with van der Waals surface area (Å²) < 4.78 is 5.88. The molecule has 2 nitrogen and oxygen atoms in total. The van der Waals surface area contributed by atoms with E-state index in [4.69, 9.17) is 4.43 Å². The molecule has 0 radical (unpaired) electrons. The molecule has 1 aromatic rings. The molecule has 1 aliphatic rings. The van der Waals surface area contributed by atoms with E-state index >= 15 is 0 Å². The van der Waals surface area contributed by atoms with Crippen molar-refractivity contribution in [3.63, 3.8) is 0 Å². The lowest BCUT2D eigenvalue weighted by atomic mass is 9.66. The van der Waals surface area contributed by atoms with Crippen molar-refractivity contribution in [2.24, 2.45) is 0 Å². The third-order valence-corrected chi connectivity index (χ3v) is 5.76. The molecular formula is C19H30O2Si. The van der Waals surface area contributed by atoms with Crippen LogP contribution >= 0.6 is 0 Å². The van der Waals surface area contributed by atoms with Gasteiger partial charge in [-0.05, 0) is 80.9 Å². The molecule has 0 amide bonds. The first kappa shape index (κ1) is 17.3. The summed E-state index contributed by atoms with van der Waals surface area (Å²) in [5, 5.41) is 0. The van der Waals surface area contributed by atoms with Gasteiger partial charge < -0.3 is 4.43 Å². The van der Waals surface area contributed by atoms with Crippen molar-refractivity contribution >= 4 is 14.3 Å². The number of fused-ring (bicyclic) bond motifs is 1. The smallest absolute Gasteiger partial charge is 0.302 e. The van der Waals surface area contributed by atoms with Crippen molar-refractivity contribution < 1.29 is 9.22 Å². The number of hydrogen-bond donors (Lipinski definition) is 0. The largest absolute Gasteiger partial charge is 0.519 e. The Balaban J connectivity index is 2.55. The summed E-state index contributed by atoms with van der Waals surface area (Å²) in [6.07, 6.45) is 2.97. The number of carbonyl (C=O) groups excluding carboxylic acids is 1. The zero-order chi connectivity index (χ0) is 16.7. The summed E-state index contributed by atoms with van der Waals surface area (Å²) in [6, 6.07) is 4.35. The molecule has 0 fully saturated rings. The average molecular weight is 319 g/mol. The van der Waals surface area contributed by atoms with Gasteiger partial charge in [-0.2, -0.15) is 0 Å². The lowest BCUT2D eigenvalue weighted by molar-refractivity contribution is -0.141. The second-order valence-electron chi connectivity index (χ2n) is 7.95. The molecule has 0 saturated carbocycles. The van der Waals surface area contributed by atoms with Gasteiger partial charge in [0.15, 0.2) is 0 Å². The van der Waals surface area contributed by atoms with Crippen LogP contribution in [-0.4, -0.2) is 14.3 Å². The van der Waals surface area contributed by atoms with Crippen LogP contribution in [-0.2, 0) is 21.1 Å². The van der Waals surface area contributed by atoms with Crippen molar-refractivity contribution in [3.8, 4) is 0 Å². The maximum absolute atomic E-state index is 12.9. The zero-order valence-electron chi connectivity index (χ0n) is 15.2. The van der Waals surface area contributed by atoms with E-state index < -0.39 is 13.7 Å². The predicted molar refractivity (Wildman–Crippen MR) is 95.0 cm³/mol. The first-order chi connectivity index (χ1) is 10.1. The molecular weight excluding hydrogens is 288 g/mol. The number of carbonyl (C=O) groups is 1. The highest BCUT2D eigenvalue weighted by Crippen LogP contribution is 2.46. The molecule has 3 heteroatoms. The van der Waals surface area contributed by atoms with Crippen molar-refractivity contribution in [2.75, 3.05) is 0 Å². The Morgan fingerprint density at radius 3 is 2.55 bits per heavy atom. The first-order valence-electron chi connectivity index (χ1n) is 8.46. The van der Waals surface area contributed by atoms with Crippen LogP contribution in [0.3, 0.4) is 0 Å². The molecule has 0 aromatic heterocycles. The fraction of sp³-hybridized carbons (Fsp3) is 0.632. The summed E-state index contributed by atoms with van der Waals surface area (Å²) >= 11 is 0. The lowest BCUT2D eigenvalue weighted by Crippen LogP contribution is -2.43. The summed E-state index contributed by atoms with van der Waals surface area (Å²) in [5.41, 5.74) is 4.90. The monoisotopic (exact) mass is 318 g/mol. The standard InChI is InChI=1S/C19H30O2Si/c1-8-15-13(2)9-10-16-17(15)14(3)11-12-19(16,4)18(20)21-22(5,6)7/h9-10,14H,8,11-12H2,1-7H3. The SMILES string of the molecule is CCc1c(C)ccc2c1C(C)CCC2(C)C(=O)O[Si](C)(C)C. The Labute approximate surface area is 136 Å². The van der Waals surface area contributed by atoms with Gasteiger partial charge in [-0.15, -0.1) is 0 Å². The van der Waals surface area contributed by atoms with E-state index in [2.05, 4.69) is 59.5 Å². The number of benzene rings is 1. The Morgan fingerprint density at radius 1 is 1.36 bits per heavy atom. The minimum atomic E-state index is -1.87. The molecule has 0 bridgehead atoms. The van der Waals surface area contributed by atoms with Crippen molar-refractivity contribution in [1.82, 2.24) is 0 Å². The highest BCUT2D eigenvalue weighted by Gasteiger charge is 2.44. The quantitative estimate of drug-likeness (QED) is 0.726. The summed E-state index contributed by atoms with van der Waals surface area (Å²) in [7, 11) is -1.87. The van der Waals surface area contributed by atoms with Gasteiger partial charge in [0, 0.05) is 0 Å². The average Bonchev–Trinajstić information content (AvgIpc) is 2.41. The van der Waals surface area contributed by atoms with Gasteiger partial charge in [-0.1, -0.05) is 26.0 Å². The second-order valence-corrected chi connectivity index (χ2v) is 12.4. The van der Waals surface area contributed by atoms with E-state index in [-0.39, 0.29) is 5.97 Å². The molecule has 2 atom stereocenters. The zero-order valence-corrected chi connectivity index (χ0v) is 16.2. The van der Waals surface area contributed by atoms with Crippen LogP contribution in [0.5, 0.6) is 0 Å². The lowest BCUT2D eigenvalue weighted by Gasteiger charge is -2.39. The first-order valence-corrected chi connectivity index (χ1v) is 11.9. The van der Waals surface area contributed by atoms with Crippen LogP contribution in [0.1, 0.15) is 61.8 Å². The van der Waals surface area contributed by atoms with E-state index in [1.54, 1.807) is 0 Å². The molecule has 0 aliphatic heterocycles. The molecule has 0 N–H and O–H groups in total. The summed E-state index contributed by atoms with van der Waals surface area (Å²) in [6.45, 7) is 15.0. The molecule has 1 aliphatic carbocycles. The Bertz CT molecular complexity index is 586. The molecule has 0 heterocycles. The minimum Gasteiger partial charge on any atom is -0.519 e. The maximum Gasteiger partial charge on any atom is 0.302 e. The van der Waals surface area contributed by atoms with Gasteiger partial charge in [0.25, 0.3) is 0 Å². The molecule has 1 aromatic carbocycles. The molecule has 122 valence electrons. The second kappa shape index (κ2) is 5.84. The van der Waals surface area contributed by atoms with Crippen LogP contribution in [0.25, 0.3) is 0 Å². The van der Waals surface area contributed by atoms with Crippen molar-refractivity contribution in [2.45, 2.75) is 77.9 Å². The number of rotatable bonds is 3. The van der Waals surface area contributed by atoms with E-state index in [0.29, 0.717) is 5.92 Å². The van der Waals surface area contributed by atoms with Gasteiger partial charge in [-0.3, -0.25) is 4.79 Å². The molecule has 0 spiro atoms. The van der Waals surface area contributed by atoms with Crippen LogP contribution in [0.15, 0.2) is 12.1 Å². The van der Waals surface area contributed by atoms with Gasteiger partial charge in [-0.25, -0.2) is 0 Å². The summed E-state index contributed by atoms with van der Waals surface area (Å²) in [4.78, 5) is 12.9. The van der Waals surface area contributed by atoms with E-state index in [1.807, 2.05) is 0 Å². The third-order valence-electron chi connectivity index (χ3n) is 4.96. The van der Waals surface area contributed by atoms with Gasteiger partial charge in [0.2, 0.25) is 8.32 Å². The van der Waals surface area contributed by atoms with E-state index in [1.165, 1.54) is 22.3 Å². The highest BCUT2D eigenvalue weighted by molar-refractivity contribution is 6.71. The normalized spacial score (nSPS) is 24.8.